The number of aromatic hydroxyl groups is 1. The lowest BCUT2D eigenvalue weighted by atomic mass is 10.1. The van der Waals surface area contributed by atoms with E-state index in [0.29, 0.717) is 27.4 Å². The highest BCUT2D eigenvalue weighted by molar-refractivity contribution is 9.10. The molecule has 2 aromatic carbocycles. The second-order valence-corrected chi connectivity index (χ2v) is 6.73. The molecule has 2 rings (SSSR count). The molecule has 134 valence electrons. The number of carbonyl (C=O) groups excluding carboxylic acids is 1. The van der Waals surface area contributed by atoms with Crippen LogP contribution >= 0.6 is 39.1 Å². The summed E-state index contributed by atoms with van der Waals surface area (Å²) < 4.78 is 5.72. The average molecular weight is 456 g/mol. The Hall–Kier alpha value is -2.20. The molecule has 26 heavy (non-hydrogen) atoms. The second kappa shape index (κ2) is 8.95. The molecule has 1 amide bonds. The minimum atomic E-state index is -0.626. The molecule has 0 aliphatic heterocycles. The van der Waals surface area contributed by atoms with Crippen molar-refractivity contribution in [2.75, 3.05) is 11.9 Å². The summed E-state index contributed by atoms with van der Waals surface area (Å²) >= 11 is 15.1. The van der Waals surface area contributed by atoms with Gasteiger partial charge in [-0.25, -0.2) is 0 Å². The van der Waals surface area contributed by atoms with Crippen LogP contribution < -0.4 is 10.1 Å². The SMILES string of the molecule is CCOc1cc(C=C(C#N)C(=O)Nc2ccc(Cl)cc2Cl)cc(Br)c1O. The molecule has 0 bridgehead atoms. The number of phenolic OH excluding ortho intramolecular Hbond substituents is 1. The minimum absolute atomic E-state index is 0.0556. The molecular weight excluding hydrogens is 443 g/mol. The van der Waals surface area contributed by atoms with Crippen LogP contribution in [0.15, 0.2) is 40.4 Å². The van der Waals surface area contributed by atoms with Crippen molar-refractivity contribution >= 4 is 56.8 Å². The maximum atomic E-state index is 12.4. The van der Waals surface area contributed by atoms with Gasteiger partial charge >= 0.3 is 0 Å². The van der Waals surface area contributed by atoms with Crippen molar-refractivity contribution < 1.29 is 14.6 Å². The number of phenols is 1. The van der Waals surface area contributed by atoms with E-state index in [-0.39, 0.29) is 22.1 Å². The van der Waals surface area contributed by atoms with Crippen LogP contribution in [-0.4, -0.2) is 17.6 Å². The van der Waals surface area contributed by atoms with E-state index in [0.717, 1.165) is 0 Å². The summed E-state index contributed by atoms with van der Waals surface area (Å²) in [6.07, 6.45) is 1.38. The van der Waals surface area contributed by atoms with E-state index in [1.54, 1.807) is 25.1 Å². The van der Waals surface area contributed by atoms with Crippen molar-refractivity contribution in [1.29, 1.82) is 5.26 Å². The van der Waals surface area contributed by atoms with Crippen LogP contribution in [-0.2, 0) is 4.79 Å². The van der Waals surface area contributed by atoms with Crippen molar-refractivity contribution in [3.8, 4) is 17.6 Å². The maximum Gasteiger partial charge on any atom is 0.266 e. The number of nitrogens with zero attached hydrogens (tertiary/aromatic N) is 1. The van der Waals surface area contributed by atoms with Gasteiger partial charge in [0.1, 0.15) is 11.6 Å². The van der Waals surface area contributed by atoms with Crippen LogP contribution in [0.25, 0.3) is 6.08 Å². The lowest BCUT2D eigenvalue weighted by Crippen LogP contribution is -2.13. The summed E-state index contributed by atoms with van der Waals surface area (Å²) in [5.74, 6) is -0.439. The van der Waals surface area contributed by atoms with Gasteiger partial charge in [0.05, 0.1) is 21.8 Å². The lowest BCUT2D eigenvalue weighted by Gasteiger charge is -2.09. The first kappa shape index (κ1) is 20.1. The zero-order valence-electron chi connectivity index (χ0n) is 13.5. The van der Waals surface area contributed by atoms with Gasteiger partial charge in [-0.1, -0.05) is 23.2 Å². The van der Waals surface area contributed by atoms with Gasteiger partial charge in [-0.15, -0.1) is 0 Å². The number of nitrogens with one attached hydrogen (secondary N) is 1. The molecular formula is C18H13BrCl2N2O3. The topological polar surface area (TPSA) is 82.3 Å². The van der Waals surface area contributed by atoms with Crippen molar-refractivity contribution in [2.45, 2.75) is 6.92 Å². The van der Waals surface area contributed by atoms with E-state index in [9.17, 15) is 15.2 Å². The summed E-state index contributed by atoms with van der Waals surface area (Å²) in [6, 6.07) is 9.55. The molecule has 2 N–H and O–H groups in total. The first-order valence-electron chi connectivity index (χ1n) is 7.39. The predicted octanol–water partition coefficient (Wildman–Crippen LogP) is 5.41. The van der Waals surface area contributed by atoms with Gasteiger partial charge in [-0.3, -0.25) is 4.79 Å². The van der Waals surface area contributed by atoms with Crippen LogP contribution in [0.5, 0.6) is 11.5 Å². The van der Waals surface area contributed by atoms with E-state index < -0.39 is 5.91 Å². The summed E-state index contributed by atoms with van der Waals surface area (Å²) in [4.78, 5) is 12.4. The molecule has 8 heteroatoms. The molecule has 5 nitrogen and oxygen atoms in total. The highest BCUT2D eigenvalue weighted by Gasteiger charge is 2.14. The number of amides is 1. The molecule has 2 aromatic rings. The Balaban J connectivity index is 2.32. The number of ether oxygens (including phenoxy) is 1. The Kier molecular flexibility index (Phi) is 6.92. The molecule has 0 spiro atoms. The van der Waals surface area contributed by atoms with E-state index in [1.807, 2.05) is 6.07 Å². The summed E-state index contributed by atoms with van der Waals surface area (Å²) in [7, 11) is 0. The van der Waals surface area contributed by atoms with E-state index in [2.05, 4.69) is 21.2 Å². The van der Waals surface area contributed by atoms with Crippen LogP contribution in [0.1, 0.15) is 12.5 Å². The first-order chi connectivity index (χ1) is 12.3. The fourth-order valence-corrected chi connectivity index (χ4v) is 2.95. The molecule has 0 radical (unpaired) electrons. The fraction of sp³-hybridized carbons (Fsp3) is 0.111. The zero-order chi connectivity index (χ0) is 19.3. The number of carbonyl (C=O) groups is 1. The maximum absolute atomic E-state index is 12.4. The third kappa shape index (κ3) is 4.92. The van der Waals surface area contributed by atoms with Crippen molar-refractivity contribution in [1.82, 2.24) is 0 Å². The third-order valence-corrected chi connectivity index (χ3v) is 4.36. The Bertz CT molecular complexity index is 923. The molecule has 0 aromatic heterocycles. The third-order valence-electron chi connectivity index (χ3n) is 3.21. The van der Waals surface area contributed by atoms with Gasteiger partial charge in [0, 0.05) is 5.02 Å². The van der Waals surface area contributed by atoms with E-state index in [4.69, 9.17) is 27.9 Å². The highest BCUT2D eigenvalue weighted by Crippen LogP contribution is 2.36. The largest absolute Gasteiger partial charge is 0.503 e. The Morgan fingerprint density at radius 2 is 2.12 bits per heavy atom. The lowest BCUT2D eigenvalue weighted by molar-refractivity contribution is -0.112. The first-order valence-corrected chi connectivity index (χ1v) is 8.94. The molecule has 0 fully saturated rings. The van der Waals surface area contributed by atoms with Crippen molar-refractivity contribution in [3.63, 3.8) is 0 Å². The zero-order valence-corrected chi connectivity index (χ0v) is 16.6. The smallest absolute Gasteiger partial charge is 0.266 e. The van der Waals surface area contributed by atoms with Gasteiger partial charge in [0.15, 0.2) is 11.5 Å². The van der Waals surface area contributed by atoms with E-state index in [1.165, 1.54) is 18.2 Å². The van der Waals surface area contributed by atoms with Crippen LogP contribution in [0.3, 0.4) is 0 Å². The molecule has 0 aliphatic carbocycles. The summed E-state index contributed by atoms with van der Waals surface area (Å²) in [5.41, 5.74) is 0.701. The number of hydrogen-bond acceptors (Lipinski definition) is 4. The second-order valence-electron chi connectivity index (χ2n) is 5.03. The highest BCUT2D eigenvalue weighted by atomic mass is 79.9. The van der Waals surface area contributed by atoms with Gasteiger partial charge < -0.3 is 15.2 Å². The molecule has 0 heterocycles. The monoisotopic (exact) mass is 454 g/mol. The molecule has 0 atom stereocenters. The van der Waals surface area contributed by atoms with Gasteiger partial charge in [-0.05, 0) is 64.8 Å². The Morgan fingerprint density at radius 3 is 2.73 bits per heavy atom. The number of nitriles is 1. The summed E-state index contributed by atoms with van der Waals surface area (Å²) in [5, 5.41) is 22.5. The minimum Gasteiger partial charge on any atom is -0.503 e. The molecule has 0 saturated heterocycles. The van der Waals surface area contributed by atoms with Crippen LogP contribution in [0.2, 0.25) is 10.0 Å². The normalized spacial score (nSPS) is 11.0. The van der Waals surface area contributed by atoms with Crippen molar-refractivity contribution in [2.24, 2.45) is 0 Å². The standard InChI is InChI=1S/C18H13BrCl2N2O3/c1-2-26-16-7-10(6-13(19)17(16)24)5-11(9-22)18(25)23-15-4-3-12(20)8-14(15)21/h3-8,24H,2H2,1H3,(H,23,25). The predicted molar refractivity (Wildman–Crippen MR) is 106 cm³/mol. The van der Waals surface area contributed by atoms with Crippen LogP contribution in [0, 0.1) is 11.3 Å². The molecule has 0 unspecified atom stereocenters. The number of rotatable bonds is 5. The van der Waals surface area contributed by atoms with Gasteiger partial charge in [0.2, 0.25) is 0 Å². The van der Waals surface area contributed by atoms with Gasteiger partial charge in [-0.2, -0.15) is 5.26 Å². The van der Waals surface area contributed by atoms with Crippen LogP contribution in [0.4, 0.5) is 5.69 Å². The van der Waals surface area contributed by atoms with E-state index >= 15 is 0 Å². The quantitative estimate of drug-likeness (QED) is 0.466. The molecule has 0 saturated carbocycles. The number of hydrogen-bond donors (Lipinski definition) is 2. The van der Waals surface area contributed by atoms with Gasteiger partial charge in [0.25, 0.3) is 5.91 Å². The fourth-order valence-electron chi connectivity index (χ4n) is 2.04. The molecule has 0 aliphatic rings. The summed E-state index contributed by atoms with van der Waals surface area (Å²) in [6.45, 7) is 2.13. The van der Waals surface area contributed by atoms with Crippen molar-refractivity contribution in [3.05, 3.63) is 56.0 Å². The number of halogens is 3. The Labute approximate surface area is 168 Å². The Morgan fingerprint density at radius 1 is 1.38 bits per heavy atom. The number of benzene rings is 2. The average Bonchev–Trinajstić information content (AvgIpc) is 2.59. The number of anilines is 1.